The Morgan fingerprint density at radius 1 is 1.00 bits per heavy atom. The summed E-state index contributed by atoms with van der Waals surface area (Å²) >= 11 is 6.13. The van der Waals surface area contributed by atoms with Crippen molar-refractivity contribution in [2.75, 3.05) is 0 Å². The molecule has 0 radical (unpaired) electrons. The van der Waals surface area contributed by atoms with Gasteiger partial charge in [-0.3, -0.25) is 0 Å². The van der Waals surface area contributed by atoms with Gasteiger partial charge in [0.25, 0.3) is 0 Å². The van der Waals surface area contributed by atoms with Gasteiger partial charge in [-0.15, -0.1) is 0 Å². The van der Waals surface area contributed by atoms with Gasteiger partial charge in [0.2, 0.25) is 0 Å². The fourth-order valence-electron chi connectivity index (χ4n) is 2.67. The normalized spacial score (nSPS) is 11.1. The summed E-state index contributed by atoms with van der Waals surface area (Å²) in [6.45, 7) is 3.78. The van der Waals surface area contributed by atoms with E-state index in [1.54, 1.807) is 18.2 Å². The molecule has 3 aromatic carbocycles. The highest BCUT2D eigenvalue weighted by molar-refractivity contribution is 6.32. The monoisotopic (exact) mass is 336 g/mol. The maximum Gasteiger partial charge on any atom is 0.336 e. The molecule has 0 heterocycles. The number of esters is 1. The van der Waals surface area contributed by atoms with Crippen LogP contribution in [0.3, 0.4) is 0 Å². The van der Waals surface area contributed by atoms with Crippen molar-refractivity contribution in [3.63, 3.8) is 0 Å². The topological polar surface area (TPSA) is 26.3 Å². The fourth-order valence-corrected chi connectivity index (χ4v) is 2.78. The second-order valence-corrected chi connectivity index (χ2v) is 6.07. The number of carbonyl (C=O) groups is 1. The summed E-state index contributed by atoms with van der Waals surface area (Å²) in [5, 5.41) is 2.93. The van der Waals surface area contributed by atoms with Gasteiger partial charge in [-0.2, -0.15) is 0 Å². The van der Waals surface area contributed by atoms with Gasteiger partial charge in [0.05, 0.1) is 0 Å². The Kier molecular flexibility index (Phi) is 4.68. The molecule has 2 nitrogen and oxygen atoms in total. The van der Waals surface area contributed by atoms with Gasteiger partial charge in [0.1, 0.15) is 5.75 Å². The summed E-state index contributed by atoms with van der Waals surface area (Å²) in [6.07, 6.45) is 3.22. The highest BCUT2D eigenvalue weighted by Gasteiger charge is 2.06. The fraction of sp³-hybridized carbons (Fsp3) is 0.0952. The highest BCUT2D eigenvalue weighted by Crippen LogP contribution is 2.26. The van der Waals surface area contributed by atoms with E-state index in [0.717, 1.165) is 27.5 Å². The summed E-state index contributed by atoms with van der Waals surface area (Å²) in [7, 11) is 0. The first kappa shape index (κ1) is 16.3. The van der Waals surface area contributed by atoms with Crippen LogP contribution in [0.5, 0.6) is 5.75 Å². The molecule has 0 amide bonds. The maximum absolute atomic E-state index is 12.1. The lowest BCUT2D eigenvalue weighted by Gasteiger charge is -2.07. The van der Waals surface area contributed by atoms with Crippen LogP contribution in [0.25, 0.3) is 16.8 Å². The summed E-state index contributed by atoms with van der Waals surface area (Å²) in [5.74, 6) is 0.0889. The summed E-state index contributed by atoms with van der Waals surface area (Å²) < 4.78 is 5.38. The van der Waals surface area contributed by atoms with Crippen LogP contribution in [0.4, 0.5) is 0 Å². The van der Waals surface area contributed by atoms with E-state index in [9.17, 15) is 4.79 Å². The zero-order valence-corrected chi connectivity index (χ0v) is 14.3. The van der Waals surface area contributed by atoms with Crippen molar-refractivity contribution in [1.82, 2.24) is 0 Å². The third-order valence-corrected chi connectivity index (χ3v) is 4.45. The van der Waals surface area contributed by atoms with Crippen molar-refractivity contribution >= 4 is 34.4 Å². The van der Waals surface area contributed by atoms with Crippen LogP contribution < -0.4 is 4.74 Å². The lowest BCUT2D eigenvalue weighted by atomic mass is 10.0. The van der Waals surface area contributed by atoms with Gasteiger partial charge in [0.15, 0.2) is 0 Å². The van der Waals surface area contributed by atoms with E-state index in [0.29, 0.717) is 10.8 Å². The molecule has 3 aromatic rings. The maximum atomic E-state index is 12.1. The number of carbonyl (C=O) groups excluding carboxylic acids is 1. The number of hydrogen-bond acceptors (Lipinski definition) is 2. The van der Waals surface area contributed by atoms with Crippen LogP contribution in [0, 0.1) is 13.8 Å². The number of ether oxygens (including phenoxy) is 1. The molecule has 0 spiro atoms. The van der Waals surface area contributed by atoms with Gasteiger partial charge in [-0.05, 0) is 59.5 Å². The molecule has 24 heavy (non-hydrogen) atoms. The van der Waals surface area contributed by atoms with E-state index >= 15 is 0 Å². The third-order valence-electron chi connectivity index (χ3n) is 3.85. The molecule has 0 bridgehead atoms. The van der Waals surface area contributed by atoms with Gasteiger partial charge in [-0.1, -0.05) is 54.1 Å². The molecular weight excluding hydrogens is 320 g/mol. The molecular formula is C21H17ClO2. The molecule has 0 atom stereocenters. The van der Waals surface area contributed by atoms with Crippen molar-refractivity contribution in [2.45, 2.75) is 13.8 Å². The average Bonchev–Trinajstić information content (AvgIpc) is 2.57. The Hall–Kier alpha value is -2.58. The predicted octanol–water partition coefficient (Wildman–Crippen LogP) is 5.73. The second kappa shape index (κ2) is 6.90. The van der Waals surface area contributed by atoms with Crippen molar-refractivity contribution in [3.05, 3.63) is 82.4 Å². The van der Waals surface area contributed by atoms with Gasteiger partial charge >= 0.3 is 5.97 Å². The minimum atomic E-state index is -0.413. The standard InChI is InChI=1S/C21H17ClO2/c1-14-12-18(13-15(2)21(14)22)24-20(23)11-10-17-8-5-7-16-6-3-4-9-19(16)17/h3-13H,1-2H3. The smallest absolute Gasteiger partial charge is 0.336 e. The molecule has 0 unspecified atom stereocenters. The Morgan fingerprint density at radius 2 is 1.67 bits per heavy atom. The molecule has 3 rings (SSSR count). The molecule has 0 aliphatic carbocycles. The Balaban J connectivity index is 1.80. The van der Waals surface area contributed by atoms with Crippen LogP contribution in [-0.4, -0.2) is 5.97 Å². The third kappa shape index (κ3) is 3.50. The number of aryl methyl sites for hydroxylation is 2. The van der Waals surface area contributed by atoms with Crippen molar-refractivity contribution in [1.29, 1.82) is 0 Å². The molecule has 3 heteroatoms. The quantitative estimate of drug-likeness (QED) is 0.347. The number of fused-ring (bicyclic) bond motifs is 1. The summed E-state index contributed by atoms with van der Waals surface area (Å²) in [6, 6.07) is 17.6. The number of hydrogen-bond donors (Lipinski definition) is 0. The van der Waals surface area contributed by atoms with Crippen molar-refractivity contribution < 1.29 is 9.53 Å². The predicted molar refractivity (Wildman–Crippen MR) is 99.5 cm³/mol. The van der Waals surface area contributed by atoms with E-state index in [4.69, 9.17) is 16.3 Å². The molecule has 0 saturated carbocycles. The van der Waals surface area contributed by atoms with Crippen LogP contribution in [-0.2, 0) is 4.79 Å². The zero-order valence-electron chi connectivity index (χ0n) is 13.5. The zero-order chi connectivity index (χ0) is 17.1. The minimum absolute atomic E-state index is 0.413. The average molecular weight is 337 g/mol. The Bertz CT molecular complexity index is 913. The molecule has 0 fully saturated rings. The van der Waals surface area contributed by atoms with E-state index in [1.165, 1.54) is 6.08 Å². The van der Waals surface area contributed by atoms with Gasteiger partial charge in [-0.25, -0.2) is 4.79 Å². The molecule has 120 valence electrons. The first-order valence-electron chi connectivity index (χ1n) is 7.69. The first-order valence-corrected chi connectivity index (χ1v) is 8.07. The molecule has 0 N–H and O–H groups in total. The van der Waals surface area contributed by atoms with Gasteiger partial charge < -0.3 is 4.74 Å². The van der Waals surface area contributed by atoms with Crippen LogP contribution in [0.1, 0.15) is 16.7 Å². The number of benzene rings is 3. The summed E-state index contributed by atoms with van der Waals surface area (Å²) in [5.41, 5.74) is 2.75. The number of halogens is 1. The lowest BCUT2D eigenvalue weighted by Crippen LogP contribution is -2.04. The van der Waals surface area contributed by atoms with Crippen molar-refractivity contribution in [3.8, 4) is 5.75 Å². The summed E-state index contributed by atoms with van der Waals surface area (Å²) in [4.78, 5) is 12.1. The Labute approximate surface area is 146 Å². The van der Waals surface area contributed by atoms with E-state index in [1.807, 2.05) is 56.3 Å². The molecule has 0 aromatic heterocycles. The lowest BCUT2D eigenvalue weighted by molar-refractivity contribution is -0.128. The minimum Gasteiger partial charge on any atom is -0.423 e. The molecule has 0 saturated heterocycles. The van der Waals surface area contributed by atoms with Crippen LogP contribution in [0.15, 0.2) is 60.7 Å². The Morgan fingerprint density at radius 3 is 2.42 bits per heavy atom. The largest absolute Gasteiger partial charge is 0.423 e. The molecule has 0 aliphatic heterocycles. The van der Waals surface area contributed by atoms with Crippen LogP contribution >= 0.6 is 11.6 Å². The highest BCUT2D eigenvalue weighted by atomic mass is 35.5. The van der Waals surface area contributed by atoms with E-state index < -0.39 is 5.97 Å². The molecule has 0 aliphatic rings. The van der Waals surface area contributed by atoms with Crippen molar-refractivity contribution in [2.24, 2.45) is 0 Å². The van der Waals surface area contributed by atoms with Crippen LogP contribution in [0.2, 0.25) is 5.02 Å². The second-order valence-electron chi connectivity index (χ2n) is 5.69. The van der Waals surface area contributed by atoms with Gasteiger partial charge in [0, 0.05) is 11.1 Å². The van der Waals surface area contributed by atoms with E-state index in [2.05, 4.69) is 0 Å². The number of rotatable bonds is 3. The SMILES string of the molecule is Cc1cc(OC(=O)C=Cc2cccc3ccccc23)cc(C)c1Cl. The van der Waals surface area contributed by atoms with E-state index in [-0.39, 0.29) is 0 Å². The first-order chi connectivity index (χ1) is 11.5.